The van der Waals surface area contributed by atoms with E-state index < -0.39 is 0 Å². The Kier molecular flexibility index (Phi) is 3.75. The molecule has 7 heteroatoms. The van der Waals surface area contributed by atoms with E-state index in [0.717, 1.165) is 11.8 Å². The Bertz CT molecular complexity index is 521. The maximum Gasteiger partial charge on any atom is 0.224 e. The van der Waals surface area contributed by atoms with Crippen molar-refractivity contribution in [3.05, 3.63) is 41.2 Å². The Labute approximate surface area is 103 Å². The minimum absolute atomic E-state index is 0.134. The molecular weight excluding hydrogens is 234 g/mol. The number of carbonyl (C=O) groups excluding carboxylic acids is 2. The fourth-order valence-electron chi connectivity index (χ4n) is 1.40. The van der Waals surface area contributed by atoms with Crippen molar-refractivity contribution in [3.8, 4) is 0 Å². The monoisotopic (exact) mass is 245 g/mol. The van der Waals surface area contributed by atoms with Crippen LogP contribution in [0.25, 0.3) is 0 Å². The first-order valence-corrected chi connectivity index (χ1v) is 5.31. The zero-order chi connectivity index (χ0) is 12.8. The number of tetrazole rings is 1. The number of aldehydes is 1. The van der Waals surface area contributed by atoms with Gasteiger partial charge in [0.15, 0.2) is 5.82 Å². The van der Waals surface area contributed by atoms with Crippen LogP contribution in [0.3, 0.4) is 0 Å². The quantitative estimate of drug-likeness (QED) is 0.715. The van der Waals surface area contributed by atoms with Crippen LogP contribution in [0.1, 0.15) is 21.7 Å². The summed E-state index contributed by atoms with van der Waals surface area (Å²) in [6.07, 6.45) is 1.02. The molecule has 0 aliphatic carbocycles. The molecule has 7 nitrogen and oxygen atoms in total. The molecule has 92 valence electrons. The number of carbonyl (C=O) groups is 2. The first-order chi connectivity index (χ1) is 8.78. The maximum absolute atomic E-state index is 11.6. The van der Waals surface area contributed by atoms with E-state index in [4.69, 9.17) is 0 Å². The highest BCUT2D eigenvalue weighted by Gasteiger charge is 2.04. The van der Waals surface area contributed by atoms with Crippen LogP contribution in [0.4, 0.5) is 0 Å². The molecule has 0 aliphatic rings. The highest BCUT2D eigenvalue weighted by Crippen LogP contribution is 2.03. The number of benzene rings is 1. The van der Waals surface area contributed by atoms with E-state index >= 15 is 0 Å². The topological polar surface area (TPSA) is 101 Å². The zero-order valence-electron chi connectivity index (χ0n) is 9.46. The van der Waals surface area contributed by atoms with E-state index in [2.05, 4.69) is 25.9 Å². The molecule has 0 bridgehead atoms. The van der Waals surface area contributed by atoms with Gasteiger partial charge in [-0.1, -0.05) is 24.3 Å². The Hall–Kier alpha value is -2.57. The third-order valence-corrected chi connectivity index (χ3v) is 2.32. The number of amides is 1. The third kappa shape index (κ3) is 3.21. The fraction of sp³-hybridized carbons (Fsp3) is 0.182. The molecule has 1 amide bonds. The lowest BCUT2D eigenvalue weighted by Crippen LogP contribution is -2.25. The molecule has 2 rings (SSSR count). The molecular formula is C11H11N5O2. The van der Waals surface area contributed by atoms with Gasteiger partial charge in [0, 0.05) is 5.56 Å². The van der Waals surface area contributed by atoms with Gasteiger partial charge < -0.3 is 5.32 Å². The van der Waals surface area contributed by atoms with Gasteiger partial charge in [0.05, 0.1) is 13.0 Å². The van der Waals surface area contributed by atoms with Gasteiger partial charge in [-0.2, -0.15) is 0 Å². The number of H-pyrrole nitrogens is 1. The van der Waals surface area contributed by atoms with Crippen LogP contribution in [0.5, 0.6) is 0 Å². The second-order valence-electron chi connectivity index (χ2n) is 3.66. The van der Waals surface area contributed by atoms with Gasteiger partial charge >= 0.3 is 0 Å². The summed E-state index contributed by atoms with van der Waals surface area (Å²) in [7, 11) is 0. The second-order valence-corrected chi connectivity index (χ2v) is 3.66. The molecule has 0 fully saturated rings. The summed E-state index contributed by atoms with van der Waals surface area (Å²) in [6, 6.07) is 6.85. The van der Waals surface area contributed by atoms with Crippen molar-refractivity contribution in [2.24, 2.45) is 0 Å². The molecule has 1 heterocycles. The molecule has 1 aromatic heterocycles. The summed E-state index contributed by atoms with van der Waals surface area (Å²) in [6.45, 7) is 0.262. The van der Waals surface area contributed by atoms with Crippen LogP contribution < -0.4 is 5.32 Å². The fourth-order valence-corrected chi connectivity index (χ4v) is 1.40. The number of hydrogen-bond donors (Lipinski definition) is 2. The highest BCUT2D eigenvalue weighted by atomic mass is 16.1. The van der Waals surface area contributed by atoms with Gasteiger partial charge in [0.25, 0.3) is 0 Å². The van der Waals surface area contributed by atoms with Crippen molar-refractivity contribution in [1.82, 2.24) is 25.9 Å². The van der Waals surface area contributed by atoms with Crippen molar-refractivity contribution in [2.45, 2.75) is 13.0 Å². The van der Waals surface area contributed by atoms with Crippen molar-refractivity contribution in [2.75, 3.05) is 0 Å². The van der Waals surface area contributed by atoms with Gasteiger partial charge in [-0.25, -0.2) is 5.10 Å². The predicted molar refractivity (Wildman–Crippen MR) is 61.6 cm³/mol. The second kappa shape index (κ2) is 5.67. The van der Waals surface area contributed by atoms with Gasteiger partial charge in [-0.05, 0) is 16.0 Å². The minimum atomic E-state index is -0.134. The summed E-state index contributed by atoms with van der Waals surface area (Å²) in [5.74, 6) is 0.366. The maximum atomic E-state index is 11.6. The van der Waals surface area contributed by atoms with Gasteiger partial charge in [-0.15, -0.1) is 5.10 Å². The molecule has 18 heavy (non-hydrogen) atoms. The summed E-state index contributed by atoms with van der Waals surface area (Å²) in [5, 5.41) is 15.7. The lowest BCUT2D eigenvalue weighted by molar-refractivity contribution is -0.120. The molecule has 0 aliphatic heterocycles. The molecule has 0 unspecified atom stereocenters. The van der Waals surface area contributed by atoms with Crippen LogP contribution in [0.15, 0.2) is 24.3 Å². The summed E-state index contributed by atoms with van der Waals surface area (Å²) < 4.78 is 0. The van der Waals surface area contributed by atoms with E-state index in [9.17, 15) is 9.59 Å². The Morgan fingerprint density at radius 1 is 1.33 bits per heavy atom. The molecule has 0 spiro atoms. The van der Waals surface area contributed by atoms with Crippen LogP contribution in [0, 0.1) is 0 Å². The van der Waals surface area contributed by atoms with Crippen LogP contribution in [0.2, 0.25) is 0 Å². The predicted octanol–water partition coefficient (Wildman–Crippen LogP) is -0.129. The van der Waals surface area contributed by atoms with Gasteiger partial charge in [-0.3, -0.25) is 9.59 Å². The lowest BCUT2D eigenvalue weighted by atomic mass is 10.1. The first kappa shape index (κ1) is 11.9. The van der Waals surface area contributed by atoms with E-state index in [0.29, 0.717) is 11.4 Å². The molecule has 2 aromatic rings. The number of aromatic amines is 1. The largest absolute Gasteiger partial charge is 0.348 e. The number of aromatic nitrogens is 4. The van der Waals surface area contributed by atoms with Crippen molar-refractivity contribution in [3.63, 3.8) is 0 Å². The summed E-state index contributed by atoms with van der Waals surface area (Å²) in [4.78, 5) is 22.1. The number of nitrogens with zero attached hydrogens (tertiary/aromatic N) is 3. The average molecular weight is 245 g/mol. The molecule has 0 saturated carbocycles. The highest BCUT2D eigenvalue weighted by molar-refractivity contribution is 5.79. The smallest absolute Gasteiger partial charge is 0.224 e. The number of nitrogens with one attached hydrogen (secondary N) is 2. The van der Waals surface area contributed by atoms with E-state index in [-0.39, 0.29) is 18.9 Å². The van der Waals surface area contributed by atoms with Crippen molar-refractivity contribution >= 4 is 12.2 Å². The van der Waals surface area contributed by atoms with Crippen LogP contribution >= 0.6 is 0 Å². The van der Waals surface area contributed by atoms with Crippen LogP contribution in [-0.2, 0) is 17.8 Å². The SMILES string of the molecule is O=Cc1ccc(CC(=O)NCc2nnn[nH]2)cc1. The molecule has 0 radical (unpaired) electrons. The normalized spacial score (nSPS) is 10.0. The lowest BCUT2D eigenvalue weighted by Gasteiger charge is -2.03. The summed E-state index contributed by atoms with van der Waals surface area (Å²) >= 11 is 0. The minimum Gasteiger partial charge on any atom is -0.348 e. The van der Waals surface area contributed by atoms with Crippen molar-refractivity contribution in [1.29, 1.82) is 0 Å². The number of rotatable bonds is 5. The van der Waals surface area contributed by atoms with E-state index in [1.165, 1.54) is 0 Å². The van der Waals surface area contributed by atoms with Gasteiger partial charge in [0.1, 0.15) is 6.29 Å². The summed E-state index contributed by atoms with van der Waals surface area (Å²) in [5.41, 5.74) is 1.43. The number of hydrogen-bond acceptors (Lipinski definition) is 5. The average Bonchev–Trinajstić information content (AvgIpc) is 2.90. The van der Waals surface area contributed by atoms with Crippen molar-refractivity contribution < 1.29 is 9.59 Å². The first-order valence-electron chi connectivity index (χ1n) is 5.31. The molecule has 2 N–H and O–H groups in total. The molecule has 1 aromatic carbocycles. The Morgan fingerprint density at radius 2 is 2.11 bits per heavy atom. The zero-order valence-corrected chi connectivity index (χ0v) is 9.46. The molecule has 0 atom stereocenters. The Balaban J connectivity index is 1.84. The van der Waals surface area contributed by atoms with Gasteiger partial charge in [0.2, 0.25) is 5.91 Å². The third-order valence-electron chi connectivity index (χ3n) is 2.32. The van der Waals surface area contributed by atoms with E-state index in [1.807, 2.05) is 0 Å². The Morgan fingerprint density at radius 3 is 2.72 bits per heavy atom. The molecule has 0 saturated heterocycles. The van der Waals surface area contributed by atoms with E-state index in [1.54, 1.807) is 24.3 Å². The van der Waals surface area contributed by atoms with Crippen LogP contribution in [-0.4, -0.2) is 32.8 Å². The standard InChI is InChI=1S/C11H11N5O2/c17-7-9-3-1-8(2-4-9)5-11(18)12-6-10-13-15-16-14-10/h1-4,7H,5-6H2,(H,12,18)(H,13,14,15,16).